The summed E-state index contributed by atoms with van der Waals surface area (Å²) in [6.07, 6.45) is -0.971. The third kappa shape index (κ3) is 5.99. The van der Waals surface area contributed by atoms with Crippen molar-refractivity contribution in [3.63, 3.8) is 0 Å². The van der Waals surface area contributed by atoms with Gasteiger partial charge in [-0.15, -0.1) is 0 Å². The SMILES string of the molecule is C[C@H](OC(=O)N[C@H](C)c1ccc(C(=O)Nc2ccccc2O)cc1)c1ccc(Cl)cc1. The van der Waals surface area contributed by atoms with Crippen LogP contribution in [0.25, 0.3) is 0 Å². The number of phenolic OH excluding ortho intramolecular Hbond substituents is 1. The highest BCUT2D eigenvalue weighted by Crippen LogP contribution is 2.23. The van der Waals surface area contributed by atoms with E-state index in [0.29, 0.717) is 16.3 Å². The lowest BCUT2D eigenvalue weighted by Gasteiger charge is -2.18. The van der Waals surface area contributed by atoms with Crippen molar-refractivity contribution in [3.8, 4) is 5.75 Å². The predicted octanol–water partition coefficient (Wildman–Crippen LogP) is 5.85. The van der Waals surface area contributed by atoms with Crippen LogP contribution in [0.4, 0.5) is 10.5 Å². The molecule has 0 aliphatic carbocycles. The van der Waals surface area contributed by atoms with E-state index in [9.17, 15) is 14.7 Å². The van der Waals surface area contributed by atoms with Gasteiger partial charge in [0.15, 0.2) is 0 Å². The molecule has 7 heteroatoms. The number of anilines is 1. The average Bonchev–Trinajstić information content (AvgIpc) is 2.75. The number of amides is 2. The van der Waals surface area contributed by atoms with Crippen molar-refractivity contribution in [1.29, 1.82) is 0 Å². The molecule has 31 heavy (non-hydrogen) atoms. The van der Waals surface area contributed by atoms with Crippen LogP contribution in [-0.4, -0.2) is 17.1 Å². The highest BCUT2D eigenvalue weighted by atomic mass is 35.5. The number of phenols is 1. The number of nitrogens with one attached hydrogen (secondary N) is 2. The molecule has 3 N–H and O–H groups in total. The van der Waals surface area contributed by atoms with Crippen molar-refractivity contribution in [3.05, 3.63) is 94.5 Å². The summed E-state index contributed by atoms with van der Waals surface area (Å²) in [4.78, 5) is 24.6. The summed E-state index contributed by atoms with van der Waals surface area (Å²) in [5.74, 6) is -0.346. The number of para-hydroxylation sites is 2. The number of benzene rings is 3. The van der Waals surface area contributed by atoms with E-state index in [1.807, 2.05) is 19.1 Å². The van der Waals surface area contributed by atoms with Crippen molar-refractivity contribution in [1.82, 2.24) is 5.32 Å². The van der Waals surface area contributed by atoms with Crippen LogP contribution in [0.1, 0.15) is 47.5 Å². The van der Waals surface area contributed by atoms with Crippen molar-refractivity contribution in [2.24, 2.45) is 0 Å². The minimum absolute atomic E-state index is 0.00312. The first kappa shape index (κ1) is 22.2. The van der Waals surface area contributed by atoms with Gasteiger partial charge in [0.2, 0.25) is 0 Å². The molecule has 0 radical (unpaired) electrons. The van der Waals surface area contributed by atoms with Crippen molar-refractivity contribution in [2.75, 3.05) is 5.32 Å². The molecule has 2 amide bonds. The normalized spacial score (nSPS) is 12.5. The van der Waals surface area contributed by atoms with Crippen LogP contribution in [0.15, 0.2) is 72.8 Å². The van der Waals surface area contributed by atoms with Crippen LogP contribution in [0.5, 0.6) is 5.75 Å². The molecule has 0 bridgehead atoms. The minimum Gasteiger partial charge on any atom is -0.506 e. The Morgan fingerprint density at radius 2 is 1.52 bits per heavy atom. The van der Waals surface area contributed by atoms with Gasteiger partial charge in [-0.1, -0.05) is 48.0 Å². The number of alkyl carbamates (subject to hydrolysis) is 1. The van der Waals surface area contributed by atoms with Gasteiger partial charge in [-0.05, 0) is 61.4 Å². The number of carbonyl (C=O) groups is 2. The number of rotatable bonds is 6. The van der Waals surface area contributed by atoms with Crippen LogP contribution in [-0.2, 0) is 4.74 Å². The van der Waals surface area contributed by atoms with Crippen LogP contribution >= 0.6 is 11.6 Å². The Labute approximate surface area is 185 Å². The van der Waals surface area contributed by atoms with Gasteiger partial charge in [0.1, 0.15) is 11.9 Å². The second kappa shape index (κ2) is 10.00. The molecule has 3 aromatic carbocycles. The Bertz CT molecular complexity index is 1050. The molecule has 0 saturated carbocycles. The maximum atomic E-state index is 12.4. The lowest BCUT2D eigenvalue weighted by molar-refractivity contribution is 0.102. The molecule has 0 aromatic heterocycles. The first-order valence-corrected chi connectivity index (χ1v) is 10.1. The summed E-state index contributed by atoms with van der Waals surface area (Å²) in [5.41, 5.74) is 2.42. The highest BCUT2D eigenvalue weighted by Gasteiger charge is 2.16. The van der Waals surface area contributed by atoms with E-state index in [1.54, 1.807) is 61.5 Å². The number of carbonyl (C=O) groups excluding carboxylic acids is 2. The van der Waals surface area contributed by atoms with Gasteiger partial charge in [0, 0.05) is 10.6 Å². The van der Waals surface area contributed by atoms with E-state index in [1.165, 1.54) is 6.07 Å². The number of aromatic hydroxyl groups is 1. The Hall–Kier alpha value is -3.51. The zero-order valence-corrected chi connectivity index (χ0v) is 17.9. The molecule has 160 valence electrons. The molecule has 0 fully saturated rings. The fourth-order valence-electron chi connectivity index (χ4n) is 2.95. The number of hydrogen-bond donors (Lipinski definition) is 3. The summed E-state index contributed by atoms with van der Waals surface area (Å²) in [6.45, 7) is 3.61. The molecule has 0 saturated heterocycles. The van der Waals surface area contributed by atoms with E-state index in [2.05, 4.69) is 10.6 Å². The average molecular weight is 439 g/mol. The summed E-state index contributed by atoms with van der Waals surface area (Å²) in [6, 6.07) is 20.1. The zero-order chi connectivity index (χ0) is 22.4. The maximum absolute atomic E-state index is 12.4. The monoisotopic (exact) mass is 438 g/mol. The van der Waals surface area contributed by atoms with E-state index in [4.69, 9.17) is 16.3 Å². The van der Waals surface area contributed by atoms with Crippen LogP contribution in [0.3, 0.4) is 0 Å². The van der Waals surface area contributed by atoms with Crippen LogP contribution in [0.2, 0.25) is 5.02 Å². The number of halogens is 1. The Morgan fingerprint density at radius 3 is 2.16 bits per heavy atom. The molecule has 0 aliphatic rings. The first-order valence-electron chi connectivity index (χ1n) is 9.75. The fourth-order valence-corrected chi connectivity index (χ4v) is 3.08. The van der Waals surface area contributed by atoms with Gasteiger partial charge in [0.05, 0.1) is 11.7 Å². The number of ether oxygens (including phenoxy) is 1. The molecular weight excluding hydrogens is 416 g/mol. The summed E-state index contributed by atoms with van der Waals surface area (Å²) in [7, 11) is 0. The molecule has 6 nitrogen and oxygen atoms in total. The standard InChI is InChI=1S/C24H23ClN2O4/c1-15(26-24(30)31-16(2)18-11-13-20(25)14-12-18)17-7-9-19(10-8-17)23(29)27-21-5-3-4-6-22(21)28/h3-16,28H,1-2H3,(H,26,30)(H,27,29)/t15-,16+/m1/s1. The van der Waals surface area contributed by atoms with Gasteiger partial charge in [-0.25, -0.2) is 4.79 Å². The molecule has 0 spiro atoms. The van der Waals surface area contributed by atoms with E-state index in [0.717, 1.165) is 11.1 Å². The van der Waals surface area contributed by atoms with Crippen LogP contribution in [0, 0.1) is 0 Å². The van der Waals surface area contributed by atoms with Gasteiger partial charge in [-0.3, -0.25) is 4.79 Å². The fraction of sp³-hybridized carbons (Fsp3) is 0.167. The molecule has 3 rings (SSSR count). The molecular formula is C24H23ClN2O4. The molecule has 3 aromatic rings. The minimum atomic E-state index is -0.545. The van der Waals surface area contributed by atoms with Crippen LogP contribution < -0.4 is 10.6 Å². The van der Waals surface area contributed by atoms with E-state index < -0.39 is 12.2 Å². The van der Waals surface area contributed by atoms with Gasteiger partial charge in [0.25, 0.3) is 5.91 Å². The molecule has 0 aliphatic heterocycles. The Balaban J connectivity index is 1.56. The molecule has 0 unspecified atom stereocenters. The largest absolute Gasteiger partial charge is 0.506 e. The lowest BCUT2D eigenvalue weighted by Crippen LogP contribution is -2.28. The Kier molecular flexibility index (Phi) is 7.15. The summed E-state index contributed by atoms with van der Waals surface area (Å²) >= 11 is 5.88. The second-order valence-corrected chi connectivity index (χ2v) is 7.49. The first-order chi connectivity index (χ1) is 14.8. The molecule has 2 atom stereocenters. The van der Waals surface area contributed by atoms with Crippen molar-refractivity contribution in [2.45, 2.75) is 26.0 Å². The van der Waals surface area contributed by atoms with Crippen molar-refractivity contribution < 1.29 is 19.4 Å². The van der Waals surface area contributed by atoms with Crippen molar-refractivity contribution >= 4 is 29.3 Å². The van der Waals surface area contributed by atoms with Gasteiger partial charge >= 0.3 is 6.09 Å². The number of hydrogen-bond acceptors (Lipinski definition) is 4. The van der Waals surface area contributed by atoms with E-state index >= 15 is 0 Å². The second-order valence-electron chi connectivity index (χ2n) is 7.06. The quantitative estimate of drug-likeness (QED) is 0.421. The zero-order valence-electron chi connectivity index (χ0n) is 17.1. The molecule has 0 heterocycles. The smallest absolute Gasteiger partial charge is 0.408 e. The Morgan fingerprint density at radius 1 is 0.903 bits per heavy atom. The lowest BCUT2D eigenvalue weighted by atomic mass is 10.1. The topological polar surface area (TPSA) is 87.7 Å². The highest BCUT2D eigenvalue weighted by molar-refractivity contribution is 6.30. The van der Waals surface area contributed by atoms with Gasteiger partial charge < -0.3 is 20.5 Å². The van der Waals surface area contributed by atoms with Gasteiger partial charge in [-0.2, -0.15) is 0 Å². The summed E-state index contributed by atoms with van der Waals surface area (Å²) < 4.78 is 5.43. The third-order valence-corrected chi connectivity index (χ3v) is 5.03. The maximum Gasteiger partial charge on any atom is 0.408 e. The third-order valence-electron chi connectivity index (χ3n) is 4.78. The predicted molar refractivity (Wildman–Crippen MR) is 120 cm³/mol. The van der Waals surface area contributed by atoms with E-state index in [-0.39, 0.29) is 17.7 Å². The summed E-state index contributed by atoms with van der Waals surface area (Å²) in [5, 5.41) is 15.8.